The van der Waals surface area contributed by atoms with Gasteiger partial charge in [-0.25, -0.2) is 25.9 Å². The normalized spacial score (nSPS) is 17.4. The molecule has 0 radical (unpaired) electrons. The summed E-state index contributed by atoms with van der Waals surface area (Å²) in [5.41, 5.74) is 0.630. The molecule has 1 aliphatic rings. The minimum Gasteiger partial charge on any atom is -0.334 e. The second kappa shape index (κ2) is 9.33. The smallest absolute Gasteiger partial charge is 0.261 e. The van der Waals surface area contributed by atoms with E-state index in [2.05, 4.69) is 9.44 Å². The highest BCUT2D eigenvalue weighted by atomic mass is 32.2. The molecule has 1 fully saturated rings. The first-order chi connectivity index (χ1) is 14.5. The van der Waals surface area contributed by atoms with Crippen molar-refractivity contribution in [3.63, 3.8) is 0 Å². The Hall–Kier alpha value is -2.50. The Morgan fingerprint density at radius 2 is 1.68 bits per heavy atom. The van der Waals surface area contributed by atoms with Crippen molar-refractivity contribution < 1.29 is 26.0 Å². The molecule has 2 N–H and O–H groups in total. The van der Waals surface area contributed by atoms with E-state index in [1.165, 1.54) is 24.3 Å². The molecule has 1 amide bonds. The van der Waals surface area contributed by atoms with E-state index in [9.17, 15) is 26.0 Å². The largest absolute Gasteiger partial charge is 0.334 e. The van der Waals surface area contributed by atoms with Crippen LogP contribution < -0.4 is 9.44 Å². The first-order valence-electron chi connectivity index (χ1n) is 9.69. The number of piperidine rings is 1. The van der Waals surface area contributed by atoms with Gasteiger partial charge in [0.2, 0.25) is 10.0 Å². The number of nitrogens with zero attached hydrogens (tertiary/aromatic N) is 1. The summed E-state index contributed by atoms with van der Waals surface area (Å²) in [5, 5.41) is 0. The number of likely N-dealkylation sites (tertiary alicyclic amines) is 1. The van der Waals surface area contributed by atoms with Gasteiger partial charge in [-0.2, -0.15) is 0 Å². The van der Waals surface area contributed by atoms with Crippen molar-refractivity contribution in [2.75, 3.05) is 24.1 Å². The number of anilines is 1. The summed E-state index contributed by atoms with van der Waals surface area (Å²) in [6.45, 7) is 0.675. The number of carbonyl (C=O) groups excluding carboxylic acids is 1. The molecule has 0 aliphatic carbocycles. The molecule has 0 spiro atoms. The summed E-state index contributed by atoms with van der Waals surface area (Å²) in [5.74, 6) is -0.780. The molecule has 1 saturated heterocycles. The lowest BCUT2D eigenvalue weighted by atomic mass is 10.0. The second-order valence-electron chi connectivity index (χ2n) is 7.41. The fraction of sp³-hybridized carbons (Fsp3) is 0.350. The summed E-state index contributed by atoms with van der Waals surface area (Å²) in [4.78, 5) is 14.5. The van der Waals surface area contributed by atoms with E-state index >= 15 is 0 Å². The molecule has 1 aliphatic heterocycles. The zero-order valence-corrected chi connectivity index (χ0v) is 18.5. The molecular weight excluding hydrogens is 445 g/mol. The molecule has 1 unspecified atom stereocenters. The first-order valence-corrected chi connectivity index (χ1v) is 13.1. The second-order valence-corrected chi connectivity index (χ2v) is 10.9. The Morgan fingerprint density at radius 1 is 1.03 bits per heavy atom. The number of sulfonamides is 2. The first kappa shape index (κ1) is 23.2. The standard InChI is InChI=1S/C20H24FN3O5S2/c1-30(26,27)22-14-18-4-2-3-13-24(18)20(25)15-5-9-17(10-6-15)23-31(28,29)19-11-7-16(21)8-12-19/h5-12,18,22-23H,2-4,13-14H2,1H3. The fourth-order valence-electron chi connectivity index (χ4n) is 3.40. The molecule has 1 atom stereocenters. The minimum atomic E-state index is -3.89. The van der Waals surface area contributed by atoms with Crippen LogP contribution in [0.1, 0.15) is 29.6 Å². The Bertz CT molecular complexity index is 1130. The van der Waals surface area contributed by atoms with Crippen LogP contribution in [0.5, 0.6) is 0 Å². The molecule has 0 aromatic heterocycles. The maximum absolute atomic E-state index is 13.0. The summed E-state index contributed by atoms with van der Waals surface area (Å²) in [6, 6.07) is 10.2. The highest BCUT2D eigenvalue weighted by Crippen LogP contribution is 2.22. The van der Waals surface area contributed by atoms with Crippen LogP contribution in [0.3, 0.4) is 0 Å². The molecule has 1 heterocycles. The quantitative estimate of drug-likeness (QED) is 0.645. The number of nitrogens with one attached hydrogen (secondary N) is 2. The third-order valence-corrected chi connectivity index (χ3v) is 7.07. The van der Waals surface area contributed by atoms with E-state index in [0.717, 1.165) is 43.4 Å². The molecule has 168 valence electrons. The van der Waals surface area contributed by atoms with Gasteiger partial charge < -0.3 is 4.90 Å². The number of halogens is 1. The van der Waals surface area contributed by atoms with E-state index in [1.54, 1.807) is 4.90 Å². The topological polar surface area (TPSA) is 113 Å². The van der Waals surface area contributed by atoms with Crippen molar-refractivity contribution in [1.29, 1.82) is 0 Å². The highest BCUT2D eigenvalue weighted by Gasteiger charge is 2.28. The average Bonchev–Trinajstić information content (AvgIpc) is 2.72. The van der Waals surface area contributed by atoms with Crippen LogP contribution in [0.25, 0.3) is 0 Å². The van der Waals surface area contributed by atoms with Crippen molar-refractivity contribution in [2.24, 2.45) is 0 Å². The van der Waals surface area contributed by atoms with Crippen molar-refractivity contribution in [2.45, 2.75) is 30.2 Å². The predicted molar refractivity (Wildman–Crippen MR) is 115 cm³/mol. The fourth-order valence-corrected chi connectivity index (χ4v) is 4.96. The minimum absolute atomic E-state index is 0.0800. The van der Waals surface area contributed by atoms with E-state index in [-0.39, 0.29) is 29.1 Å². The van der Waals surface area contributed by atoms with Crippen molar-refractivity contribution >= 4 is 31.6 Å². The van der Waals surface area contributed by atoms with Gasteiger partial charge >= 0.3 is 0 Å². The average molecular weight is 470 g/mol. The monoisotopic (exact) mass is 469 g/mol. The van der Waals surface area contributed by atoms with Crippen LogP contribution >= 0.6 is 0 Å². The maximum Gasteiger partial charge on any atom is 0.261 e. The predicted octanol–water partition coefficient (Wildman–Crippen LogP) is 2.17. The summed E-state index contributed by atoms with van der Waals surface area (Å²) in [6.07, 6.45) is 3.51. The summed E-state index contributed by atoms with van der Waals surface area (Å²) < 4.78 is 65.5. The van der Waals surface area contributed by atoms with Gasteiger partial charge in [-0.3, -0.25) is 9.52 Å². The van der Waals surface area contributed by atoms with Gasteiger partial charge in [-0.05, 0) is 67.8 Å². The molecule has 0 bridgehead atoms. The van der Waals surface area contributed by atoms with Gasteiger partial charge in [0.25, 0.3) is 15.9 Å². The Kier molecular flexibility index (Phi) is 6.97. The van der Waals surface area contributed by atoms with Gasteiger partial charge in [-0.1, -0.05) is 0 Å². The lowest BCUT2D eigenvalue weighted by Crippen LogP contribution is -2.49. The highest BCUT2D eigenvalue weighted by molar-refractivity contribution is 7.92. The van der Waals surface area contributed by atoms with Crippen LogP contribution in [0, 0.1) is 5.82 Å². The molecule has 3 rings (SSSR count). The van der Waals surface area contributed by atoms with E-state index < -0.39 is 25.9 Å². The number of amides is 1. The molecule has 31 heavy (non-hydrogen) atoms. The van der Waals surface area contributed by atoms with E-state index in [1.807, 2.05) is 0 Å². The number of carbonyl (C=O) groups is 1. The molecule has 2 aromatic carbocycles. The van der Waals surface area contributed by atoms with Gasteiger partial charge in [0.1, 0.15) is 5.82 Å². The Morgan fingerprint density at radius 3 is 2.29 bits per heavy atom. The molecule has 11 heteroatoms. The molecule has 8 nitrogen and oxygen atoms in total. The zero-order chi connectivity index (χ0) is 22.6. The van der Waals surface area contributed by atoms with Gasteiger partial charge in [-0.15, -0.1) is 0 Å². The SMILES string of the molecule is CS(=O)(=O)NCC1CCCCN1C(=O)c1ccc(NS(=O)(=O)c2ccc(F)cc2)cc1. The zero-order valence-electron chi connectivity index (χ0n) is 16.9. The van der Waals surface area contributed by atoms with E-state index in [4.69, 9.17) is 0 Å². The Labute approximate surface area is 181 Å². The van der Waals surface area contributed by atoms with Crippen LogP contribution in [0.2, 0.25) is 0 Å². The van der Waals surface area contributed by atoms with Crippen molar-refractivity contribution in [1.82, 2.24) is 9.62 Å². The number of benzene rings is 2. The molecular formula is C20H24FN3O5S2. The third kappa shape index (κ3) is 6.25. The summed E-state index contributed by atoms with van der Waals surface area (Å²) in [7, 11) is -7.25. The van der Waals surface area contributed by atoms with Crippen molar-refractivity contribution in [3.05, 3.63) is 59.9 Å². The van der Waals surface area contributed by atoms with Gasteiger partial charge in [0, 0.05) is 30.4 Å². The van der Waals surface area contributed by atoms with E-state index in [0.29, 0.717) is 18.5 Å². The van der Waals surface area contributed by atoms with Crippen LogP contribution in [0.4, 0.5) is 10.1 Å². The number of hydrogen-bond donors (Lipinski definition) is 2. The summed E-state index contributed by atoms with van der Waals surface area (Å²) >= 11 is 0. The lowest BCUT2D eigenvalue weighted by Gasteiger charge is -2.35. The van der Waals surface area contributed by atoms with Gasteiger partial charge in [0.05, 0.1) is 11.2 Å². The number of rotatable bonds is 7. The maximum atomic E-state index is 13.0. The number of hydrogen-bond acceptors (Lipinski definition) is 5. The van der Waals surface area contributed by atoms with Crippen LogP contribution in [0.15, 0.2) is 53.4 Å². The lowest BCUT2D eigenvalue weighted by molar-refractivity contribution is 0.0619. The third-order valence-electron chi connectivity index (χ3n) is 4.98. The molecule has 0 saturated carbocycles. The van der Waals surface area contributed by atoms with Crippen molar-refractivity contribution in [3.8, 4) is 0 Å². The Balaban J connectivity index is 1.71. The van der Waals surface area contributed by atoms with Crippen LogP contribution in [-0.2, 0) is 20.0 Å². The molecule has 2 aromatic rings. The van der Waals surface area contributed by atoms with Crippen LogP contribution in [-0.4, -0.2) is 53.0 Å². The van der Waals surface area contributed by atoms with Gasteiger partial charge in [0.15, 0.2) is 0 Å².